The number of nitrogens with zero attached hydrogens (tertiary/aromatic N) is 2. The minimum Gasteiger partial charge on any atom is -0.489 e. The molecule has 0 radical (unpaired) electrons. The van der Waals surface area contributed by atoms with Gasteiger partial charge < -0.3 is 30.3 Å². The largest absolute Gasteiger partial charge is 0.489 e. The Morgan fingerprint density at radius 2 is 2.07 bits per heavy atom. The van der Waals surface area contributed by atoms with Crippen LogP contribution in [0.25, 0.3) is 0 Å². The van der Waals surface area contributed by atoms with Gasteiger partial charge in [0.05, 0.1) is 24.8 Å². The van der Waals surface area contributed by atoms with Crippen molar-refractivity contribution in [1.82, 2.24) is 10.2 Å². The predicted molar refractivity (Wildman–Crippen MR) is 107 cm³/mol. The molecule has 1 aromatic rings. The Morgan fingerprint density at radius 1 is 1.32 bits per heavy atom. The van der Waals surface area contributed by atoms with E-state index in [1.807, 2.05) is 22.9 Å². The molecule has 1 aromatic carbocycles. The highest BCUT2D eigenvalue weighted by atomic mass is 16.5. The highest BCUT2D eigenvalue weighted by molar-refractivity contribution is 5.95. The van der Waals surface area contributed by atoms with Gasteiger partial charge in [-0.05, 0) is 31.0 Å². The van der Waals surface area contributed by atoms with E-state index in [2.05, 4.69) is 5.32 Å². The molecule has 1 saturated heterocycles. The van der Waals surface area contributed by atoms with Crippen molar-refractivity contribution < 1.29 is 19.1 Å². The van der Waals surface area contributed by atoms with E-state index in [4.69, 9.17) is 15.2 Å². The second-order valence-corrected chi connectivity index (χ2v) is 7.43. The van der Waals surface area contributed by atoms with E-state index >= 15 is 0 Å². The van der Waals surface area contributed by atoms with Crippen LogP contribution in [-0.2, 0) is 9.53 Å². The number of fused-ring (bicyclic) bond motifs is 1. The molecule has 2 amide bonds. The lowest BCUT2D eigenvalue weighted by Crippen LogP contribution is -2.47. The van der Waals surface area contributed by atoms with E-state index in [1.54, 1.807) is 19.2 Å². The fourth-order valence-corrected chi connectivity index (χ4v) is 3.59. The summed E-state index contributed by atoms with van der Waals surface area (Å²) in [5, 5.41) is 2.82. The van der Waals surface area contributed by atoms with Crippen LogP contribution in [0, 0.1) is 0 Å². The summed E-state index contributed by atoms with van der Waals surface area (Å²) in [7, 11) is 3.54. The summed E-state index contributed by atoms with van der Waals surface area (Å²) in [6, 6.07) is 5.50. The summed E-state index contributed by atoms with van der Waals surface area (Å²) < 4.78 is 10.8. The molecular formula is C20H30N4O4. The van der Waals surface area contributed by atoms with Gasteiger partial charge in [0.1, 0.15) is 12.4 Å². The minimum atomic E-state index is -0.156. The Labute approximate surface area is 165 Å². The van der Waals surface area contributed by atoms with E-state index in [1.165, 1.54) is 0 Å². The first kappa shape index (κ1) is 20.4. The van der Waals surface area contributed by atoms with Crippen molar-refractivity contribution in [2.24, 2.45) is 5.73 Å². The number of ether oxygens (including phenoxy) is 2. The summed E-state index contributed by atoms with van der Waals surface area (Å²) in [5.74, 6) is 0.698. The first-order valence-corrected chi connectivity index (χ1v) is 9.79. The van der Waals surface area contributed by atoms with Gasteiger partial charge in [0.15, 0.2) is 0 Å². The van der Waals surface area contributed by atoms with Gasteiger partial charge in [0.2, 0.25) is 5.91 Å². The number of benzene rings is 1. The average Bonchev–Trinajstić information content (AvgIpc) is 2.70. The molecule has 0 aliphatic carbocycles. The van der Waals surface area contributed by atoms with Crippen molar-refractivity contribution in [3.63, 3.8) is 0 Å². The van der Waals surface area contributed by atoms with Crippen LogP contribution >= 0.6 is 0 Å². The Bertz CT molecular complexity index is 703. The van der Waals surface area contributed by atoms with Gasteiger partial charge in [0.25, 0.3) is 5.91 Å². The average molecular weight is 390 g/mol. The number of amides is 2. The summed E-state index contributed by atoms with van der Waals surface area (Å²) in [6.45, 7) is 2.81. The Balaban J connectivity index is 1.64. The number of anilines is 1. The van der Waals surface area contributed by atoms with Gasteiger partial charge in [-0.1, -0.05) is 0 Å². The first-order valence-electron chi connectivity index (χ1n) is 9.79. The summed E-state index contributed by atoms with van der Waals surface area (Å²) in [4.78, 5) is 28.9. The third-order valence-electron chi connectivity index (χ3n) is 5.47. The Morgan fingerprint density at radius 3 is 2.79 bits per heavy atom. The molecule has 8 nitrogen and oxygen atoms in total. The molecule has 3 rings (SSSR count). The fourth-order valence-electron chi connectivity index (χ4n) is 3.59. The van der Waals surface area contributed by atoms with Crippen LogP contribution in [0.5, 0.6) is 5.75 Å². The van der Waals surface area contributed by atoms with Crippen LogP contribution < -0.4 is 20.7 Å². The Kier molecular flexibility index (Phi) is 6.74. The molecule has 0 unspecified atom stereocenters. The highest BCUT2D eigenvalue weighted by Gasteiger charge is 2.30. The van der Waals surface area contributed by atoms with Gasteiger partial charge in [-0.3, -0.25) is 9.59 Å². The van der Waals surface area contributed by atoms with E-state index in [9.17, 15) is 9.59 Å². The molecule has 2 aliphatic rings. The van der Waals surface area contributed by atoms with Crippen molar-refractivity contribution in [2.45, 2.75) is 31.3 Å². The van der Waals surface area contributed by atoms with Crippen LogP contribution in [0.15, 0.2) is 18.2 Å². The van der Waals surface area contributed by atoms with Crippen LogP contribution in [0.3, 0.4) is 0 Å². The van der Waals surface area contributed by atoms with Gasteiger partial charge >= 0.3 is 0 Å². The SMILES string of the molecule is COCCNC(=O)c1ccc2c(c1)N(C)[C@@H](CC(=O)N1CCC(N)CC1)CO2. The van der Waals surface area contributed by atoms with Gasteiger partial charge in [-0.15, -0.1) is 0 Å². The lowest BCUT2D eigenvalue weighted by Gasteiger charge is -2.37. The smallest absolute Gasteiger partial charge is 0.251 e. The quantitative estimate of drug-likeness (QED) is 0.691. The van der Waals surface area contributed by atoms with Gasteiger partial charge in [-0.2, -0.15) is 0 Å². The Hall–Kier alpha value is -2.32. The number of piperidine rings is 1. The molecule has 0 bridgehead atoms. The zero-order valence-corrected chi connectivity index (χ0v) is 16.6. The number of likely N-dealkylation sites (N-methyl/N-ethyl adjacent to an activating group) is 1. The third-order valence-corrected chi connectivity index (χ3v) is 5.47. The molecule has 0 saturated carbocycles. The molecule has 0 spiro atoms. The van der Waals surface area contributed by atoms with Crippen molar-refractivity contribution >= 4 is 17.5 Å². The second-order valence-electron chi connectivity index (χ2n) is 7.43. The number of hydrogen-bond donors (Lipinski definition) is 2. The number of methoxy groups -OCH3 is 1. The summed E-state index contributed by atoms with van der Waals surface area (Å²) >= 11 is 0. The number of nitrogens with one attached hydrogen (secondary N) is 1. The number of likely N-dealkylation sites (tertiary alicyclic amines) is 1. The van der Waals surface area contributed by atoms with E-state index in [0.717, 1.165) is 37.4 Å². The first-order chi connectivity index (χ1) is 13.5. The normalized spacial score (nSPS) is 19.8. The number of hydrogen-bond acceptors (Lipinski definition) is 6. The molecule has 2 heterocycles. The molecule has 3 N–H and O–H groups in total. The lowest BCUT2D eigenvalue weighted by atomic mass is 10.0. The molecule has 28 heavy (non-hydrogen) atoms. The van der Waals surface area contributed by atoms with Crippen LogP contribution in [0.2, 0.25) is 0 Å². The number of nitrogens with two attached hydrogens (primary N) is 1. The zero-order valence-electron chi connectivity index (χ0n) is 16.6. The van der Waals surface area contributed by atoms with Crippen molar-refractivity contribution in [1.29, 1.82) is 0 Å². The molecule has 1 fully saturated rings. The van der Waals surface area contributed by atoms with E-state index in [-0.39, 0.29) is 23.9 Å². The maximum atomic E-state index is 12.7. The summed E-state index contributed by atoms with van der Waals surface area (Å²) in [6.07, 6.45) is 2.09. The number of rotatable bonds is 6. The monoisotopic (exact) mass is 390 g/mol. The standard InChI is InChI=1S/C20H30N4O4/c1-23-16(12-19(25)24-8-5-15(21)6-9-24)13-28-18-4-3-14(11-17(18)23)20(26)22-7-10-27-2/h3-4,11,15-16H,5-10,12-13,21H2,1-2H3,(H,22,26)/t16-/m0/s1. The maximum absolute atomic E-state index is 12.7. The molecule has 1 atom stereocenters. The molecular weight excluding hydrogens is 360 g/mol. The molecule has 0 aromatic heterocycles. The minimum absolute atomic E-state index is 0.0672. The fraction of sp³-hybridized carbons (Fsp3) is 0.600. The zero-order chi connectivity index (χ0) is 20.1. The highest BCUT2D eigenvalue weighted by Crippen LogP contribution is 2.34. The predicted octanol–water partition coefficient (Wildman–Crippen LogP) is 0.600. The number of carbonyl (C=O) groups excluding carboxylic acids is 2. The van der Waals surface area contributed by atoms with Crippen LogP contribution in [-0.4, -0.2) is 75.8 Å². The van der Waals surface area contributed by atoms with Crippen LogP contribution in [0.1, 0.15) is 29.6 Å². The molecule has 2 aliphatic heterocycles. The number of carbonyl (C=O) groups is 2. The third kappa shape index (κ3) is 4.74. The topological polar surface area (TPSA) is 97.1 Å². The maximum Gasteiger partial charge on any atom is 0.251 e. The van der Waals surface area contributed by atoms with E-state index < -0.39 is 0 Å². The lowest BCUT2D eigenvalue weighted by molar-refractivity contribution is -0.132. The molecule has 154 valence electrons. The summed E-state index contributed by atoms with van der Waals surface area (Å²) in [5.41, 5.74) is 7.31. The van der Waals surface area contributed by atoms with E-state index in [0.29, 0.717) is 31.7 Å². The van der Waals surface area contributed by atoms with Crippen LogP contribution in [0.4, 0.5) is 5.69 Å². The van der Waals surface area contributed by atoms with Gasteiger partial charge in [0, 0.05) is 45.4 Å². The van der Waals surface area contributed by atoms with Crippen molar-refractivity contribution in [2.75, 3.05) is 51.9 Å². The van der Waals surface area contributed by atoms with Crippen molar-refractivity contribution in [3.05, 3.63) is 23.8 Å². The molecule has 8 heteroatoms. The van der Waals surface area contributed by atoms with Crippen molar-refractivity contribution in [3.8, 4) is 5.75 Å². The van der Waals surface area contributed by atoms with Gasteiger partial charge in [-0.25, -0.2) is 0 Å². The second kappa shape index (κ2) is 9.25.